The van der Waals surface area contributed by atoms with Gasteiger partial charge in [0.1, 0.15) is 36.3 Å². The average Bonchev–Trinajstić information content (AvgIpc) is 0.763. The molecule has 6 aromatic carbocycles. The Kier molecular flexibility index (Phi) is 42.8. The number of benzene rings is 6. The topological polar surface area (TPSA) is 737 Å². The Bertz CT molecular complexity index is 5790. The minimum Gasteiger partial charge on any atom is -0.504 e. The molecule has 0 saturated heterocycles. The third-order valence-electron chi connectivity index (χ3n) is 20.3. The van der Waals surface area contributed by atoms with E-state index in [1.54, 1.807) is 0 Å². The summed E-state index contributed by atoms with van der Waals surface area (Å²) in [6.07, 6.45) is -15.4. The number of methoxy groups -OCH3 is 9. The summed E-state index contributed by atoms with van der Waals surface area (Å²) >= 11 is 0. The van der Waals surface area contributed by atoms with Crippen molar-refractivity contribution in [3.63, 3.8) is 0 Å². The van der Waals surface area contributed by atoms with Crippen LogP contribution >= 0.6 is 0 Å². The summed E-state index contributed by atoms with van der Waals surface area (Å²) < 4.78 is 110. The molecule has 0 amide bonds. The number of ether oxygens (including phenoxy) is 22. The number of carbonyl (C=O) groups excluding carboxylic acids is 15. The molecular formula is C93H94O52. The Morgan fingerprint density at radius 3 is 0.883 bits per heavy atom. The van der Waals surface area contributed by atoms with Crippen molar-refractivity contribution in [3.8, 4) is 63.2 Å². The second-order valence-corrected chi connectivity index (χ2v) is 29.9. The number of rotatable bonds is 32. The summed E-state index contributed by atoms with van der Waals surface area (Å²) in [4.78, 5) is 206. The molecule has 3 aliphatic carbocycles. The molecule has 0 heterocycles. The molecule has 0 unspecified atom stereocenters. The van der Waals surface area contributed by atoms with Gasteiger partial charge in [-0.25, -0.2) is 86.9 Å². The molecule has 3 fully saturated rings. The number of aliphatic carboxylic acids is 1. The van der Waals surface area contributed by atoms with Gasteiger partial charge in [-0.3, -0.25) is 0 Å². The first-order chi connectivity index (χ1) is 68.8. The normalized spacial score (nSPS) is 20.4. The van der Waals surface area contributed by atoms with E-state index in [0.717, 1.165) is 155 Å². The molecule has 0 radical (unpaired) electrons. The maximum absolute atomic E-state index is 13.8. The van der Waals surface area contributed by atoms with Crippen molar-refractivity contribution in [2.75, 3.05) is 70.6 Å². The van der Waals surface area contributed by atoms with E-state index < -0.39 is 229 Å². The number of aliphatic hydroxyl groups excluding tert-OH is 3. The second-order valence-electron chi connectivity index (χ2n) is 29.9. The summed E-state index contributed by atoms with van der Waals surface area (Å²) in [6.45, 7) is -0.191. The van der Waals surface area contributed by atoms with Crippen LogP contribution in [0, 0.1) is 0 Å². The van der Waals surface area contributed by atoms with Gasteiger partial charge in [0.2, 0.25) is 11.2 Å². The molecular weight excluding hydrogens is 1950 g/mol. The number of esters is 8. The lowest BCUT2D eigenvalue weighted by Crippen LogP contribution is -2.61. The molecule has 8 atom stereocenters. The average molecular weight is 2040 g/mol. The van der Waals surface area contributed by atoms with Crippen LogP contribution in [-0.4, -0.2) is 301 Å². The molecule has 52 nitrogen and oxygen atoms in total. The van der Waals surface area contributed by atoms with Crippen LogP contribution in [0.25, 0.3) is 36.5 Å². The van der Waals surface area contributed by atoms with E-state index in [1.807, 2.05) is 0 Å². The van der Waals surface area contributed by atoms with Crippen molar-refractivity contribution in [1.82, 2.24) is 0 Å². The highest BCUT2D eigenvalue weighted by Gasteiger charge is 2.60. The standard InChI is InChI=1S/C49H48O29.C34H30O15.C10H16O8/c1-61-42(53)49(77-48(59)67-7)25-36(69-38(50)17-11-27-8-14-30(20-21-68-78-60)33(22-27)73-45(56)64-4)41(76-40(52)19-13-29-10-16-32(72-44(55)63-3)35(24-29)75-47(58)66-6)37(26-49)70-39(51)18-12-28-9-15-31(71-43(54)62-2)34(23-28)74-46(57)65-5;35-21-7-1-18(13-24(21)38)4-10-29(41)47-27-16-34(46,33(44)45)17-28(48-30(42)11-5-19-2-8-22(36)25(39)14-19)32(27)49-31(43)12-6-20-3-9-23(37)26(40)15-20;1-16-8(14)10(18-9(15)17-2)3-5(11)7(13)6(12)4-10/h8-19,22-24,36-37,41,60H,20-21,25-26H2,1-7H3;1-15,27-28,32,35-40,46H,16-17H2,(H,44,45);5-7,11-13H,3-4H2,1-2H3/b17-11+,18-12+,19-13+;10-4+,11-5+,12-6+;/t36-,37-,41-,49+;27-,28-,32?,34?;5-,6-,7?,10?/m111/s1. The fourth-order valence-electron chi connectivity index (χ4n) is 13.4. The predicted octanol–water partition coefficient (Wildman–Crippen LogP) is 7.30. The summed E-state index contributed by atoms with van der Waals surface area (Å²) in [5, 5.41) is 119. The van der Waals surface area contributed by atoms with Gasteiger partial charge >= 0.3 is 96.8 Å². The lowest BCUT2D eigenvalue weighted by molar-refractivity contribution is -0.490. The number of hydrogen-bond donors (Lipinski definition) is 12. The van der Waals surface area contributed by atoms with Crippen molar-refractivity contribution in [3.05, 3.63) is 185 Å². The molecule has 145 heavy (non-hydrogen) atoms. The highest BCUT2D eigenvalue weighted by Crippen LogP contribution is 2.42. The van der Waals surface area contributed by atoms with E-state index in [9.17, 15) is 133 Å². The summed E-state index contributed by atoms with van der Waals surface area (Å²) in [7, 11) is 9.07. The fourth-order valence-corrected chi connectivity index (χ4v) is 13.4. The van der Waals surface area contributed by atoms with Gasteiger partial charge in [-0.05, 0) is 142 Å². The highest BCUT2D eigenvalue weighted by atomic mass is 17.5. The summed E-state index contributed by atoms with van der Waals surface area (Å²) in [6, 6.07) is 22.5. The molecule has 778 valence electrons. The number of aliphatic hydroxyl groups is 4. The van der Waals surface area contributed by atoms with Crippen LogP contribution in [0.15, 0.2) is 146 Å². The van der Waals surface area contributed by atoms with Gasteiger partial charge in [0, 0.05) is 81.4 Å². The smallest absolute Gasteiger partial charge is 0.504 e. The minimum atomic E-state index is -2.63. The predicted molar refractivity (Wildman–Crippen MR) is 475 cm³/mol. The molecule has 9 rings (SSSR count). The van der Waals surface area contributed by atoms with E-state index >= 15 is 0 Å². The van der Waals surface area contributed by atoms with Crippen molar-refractivity contribution in [2.45, 2.75) is 117 Å². The SMILES string of the molecule is COC(=O)OC1(C(=O)OC)C[C@@H](O)C(O)[C@H](O)C1.COC(=O)Oc1cc(/C=C/C(=O)O[C@@H]2C[C@@](OC(=O)OC)(C(=O)OC)C[C@@H](OC(=O)/C=C/c3ccc(OC(=O)OC)c(OC(=O)OC)c3)[C@@H]2OC(=O)/C=C/c2ccc(OC(=O)OC)c(OC(=O)OC)c2)ccc1CCOOO.O=C(/C=C/c1ccc(O)c(O)c1)OC1[C@H](OC(=O)/C=C/c2ccc(O)c(O)c2)CC(O)(C(=O)O)C[C@H]1OC(=O)/C=C/c1ccc(O)c(O)c1. The number of carboxylic acid groups (broad SMARTS) is 1. The Morgan fingerprint density at radius 2 is 0.586 bits per heavy atom. The number of phenolic OH excluding ortho intramolecular Hbond substituents is 6. The minimum absolute atomic E-state index is 0.0457. The van der Waals surface area contributed by atoms with Gasteiger partial charge in [0.25, 0.3) is 0 Å². The van der Waals surface area contributed by atoms with Crippen molar-refractivity contribution in [1.29, 1.82) is 0 Å². The fraction of sp³-hybridized carbons (Fsp3) is 0.312. The van der Waals surface area contributed by atoms with Crippen LogP contribution in [0.5, 0.6) is 63.2 Å². The van der Waals surface area contributed by atoms with Gasteiger partial charge in [0.05, 0.1) is 82.8 Å². The van der Waals surface area contributed by atoms with Gasteiger partial charge in [-0.15, -0.1) is 0 Å². The Labute approximate surface area is 817 Å². The molecule has 12 N–H and O–H groups in total. The molecule has 0 aromatic heterocycles. The van der Waals surface area contributed by atoms with Crippen LogP contribution in [0.4, 0.5) is 33.6 Å². The number of carboxylic acids is 1. The Morgan fingerprint density at radius 1 is 0.317 bits per heavy atom. The van der Waals surface area contributed by atoms with Gasteiger partial charge in [0.15, 0.2) is 75.3 Å². The first-order valence-corrected chi connectivity index (χ1v) is 41.5. The highest BCUT2D eigenvalue weighted by molar-refractivity contribution is 5.93. The number of hydrogen-bond acceptors (Lipinski definition) is 51. The second kappa shape index (κ2) is 54.3. The zero-order chi connectivity index (χ0) is 107. The van der Waals surface area contributed by atoms with Crippen molar-refractivity contribution in [2.24, 2.45) is 0 Å². The molecule has 3 saturated carbocycles. The Hall–Kier alpha value is -17.6. The lowest BCUT2D eigenvalue weighted by atomic mass is 9.79. The quantitative estimate of drug-likeness (QED) is 0.00288. The van der Waals surface area contributed by atoms with E-state index in [1.165, 1.54) is 91.0 Å². The number of carbonyl (C=O) groups is 16. The van der Waals surface area contributed by atoms with Crippen LogP contribution in [0.3, 0.4) is 0 Å². The van der Waals surface area contributed by atoms with Crippen molar-refractivity contribution < 1.29 is 252 Å². The molecule has 6 aromatic rings. The molecule has 0 bridgehead atoms. The first-order valence-electron chi connectivity index (χ1n) is 41.5. The van der Waals surface area contributed by atoms with E-state index in [4.69, 9.17) is 71.6 Å². The third-order valence-corrected chi connectivity index (χ3v) is 20.3. The van der Waals surface area contributed by atoms with Crippen LogP contribution < -0.4 is 23.7 Å². The first kappa shape index (κ1) is 114. The van der Waals surface area contributed by atoms with Crippen LogP contribution in [-0.2, 0) is 140 Å². The monoisotopic (exact) mass is 2040 g/mol. The summed E-state index contributed by atoms with van der Waals surface area (Å²) in [5.41, 5.74) is -5.45. The zero-order valence-corrected chi connectivity index (χ0v) is 77.4. The van der Waals surface area contributed by atoms with E-state index in [-0.39, 0.29) is 88.0 Å². The Balaban J connectivity index is 0.000000357. The maximum Gasteiger partial charge on any atom is 0.513 e. The molecule has 0 aliphatic heterocycles. The largest absolute Gasteiger partial charge is 0.513 e. The van der Waals surface area contributed by atoms with E-state index in [0.29, 0.717) is 5.56 Å². The van der Waals surface area contributed by atoms with Crippen LogP contribution in [0.2, 0.25) is 0 Å². The number of aromatic hydroxyl groups is 6. The maximum atomic E-state index is 13.8. The van der Waals surface area contributed by atoms with Crippen molar-refractivity contribution >= 4 is 133 Å². The van der Waals surface area contributed by atoms with E-state index in [2.05, 4.69) is 47.8 Å². The third kappa shape index (κ3) is 34.1. The number of phenols is 6. The molecule has 52 heteroatoms. The van der Waals surface area contributed by atoms with Gasteiger partial charge < -0.3 is 160 Å². The summed E-state index contributed by atoms with van der Waals surface area (Å²) in [5.74, 6) is -15.0. The van der Waals surface area contributed by atoms with Crippen LogP contribution in [0.1, 0.15) is 77.5 Å². The molecule has 3 aliphatic rings. The molecule has 0 spiro atoms. The lowest BCUT2D eigenvalue weighted by Gasteiger charge is -2.43. The van der Waals surface area contributed by atoms with Gasteiger partial charge in [-0.1, -0.05) is 47.5 Å². The zero-order valence-electron chi connectivity index (χ0n) is 77.4. The van der Waals surface area contributed by atoms with Gasteiger partial charge in [-0.2, -0.15) is 0 Å².